The predicted molar refractivity (Wildman–Crippen MR) is 78.6 cm³/mol. The Bertz CT molecular complexity index is 338. The van der Waals surface area contributed by atoms with Gasteiger partial charge in [0.15, 0.2) is 0 Å². The van der Waals surface area contributed by atoms with Crippen LogP contribution in [0, 0.1) is 11.8 Å². The van der Waals surface area contributed by atoms with Crippen molar-refractivity contribution in [2.75, 3.05) is 0 Å². The normalized spacial score (nSPS) is 12.4. The van der Waals surface area contributed by atoms with Gasteiger partial charge in [0.25, 0.3) is 0 Å². The van der Waals surface area contributed by atoms with Gasteiger partial charge in [-0.15, -0.1) is 0 Å². The number of hydrogen-bond donors (Lipinski definition) is 1. The first-order valence-corrected chi connectivity index (χ1v) is 7.19. The molecule has 1 heteroatoms. The fourth-order valence-corrected chi connectivity index (χ4v) is 2.72. The Balaban J connectivity index is 3.00. The lowest BCUT2D eigenvalue weighted by Crippen LogP contribution is -2.29. The monoisotopic (exact) mass is 248 g/mol. The lowest BCUT2D eigenvalue weighted by atomic mass is 9.79. The molecule has 1 nitrogen and oxygen atoms in total. The van der Waals surface area contributed by atoms with E-state index in [1.54, 1.807) is 0 Å². The molecule has 0 atom stereocenters. The van der Waals surface area contributed by atoms with Gasteiger partial charge in [0, 0.05) is 0 Å². The number of benzene rings is 1. The Morgan fingerprint density at radius 3 is 1.72 bits per heavy atom. The van der Waals surface area contributed by atoms with E-state index in [2.05, 4.69) is 58.9 Å². The van der Waals surface area contributed by atoms with Gasteiger partial charge in [0.2, 0.25) is 0 Å². The van der Waals surface area contributed by atoms with Gasteiger partial charge >= 0.3 is 0 Å². The van der Waals surface area contributed by atoms with Crippen LogP contribution in [0.4, 0.5) is 0 Å². The van der Waals surface area contributed by atoms with Gasteiger partial charge in [0.05, 0.1) is 5.60 Å². The summed E-state index contributed by atoms with van der Waals surface area (Å²) in [6, 6.07) is 8.48. The average molecular weight is 248 g/mol. The molecule has 0 spiro atoms. The van der Waals surface area contributed by atoms with Crippen LogP contribution in [-0.2, 0) is 12.0 Å². The highest BCUT2D eigenvalue weighted by Crippen LogP contribution is 2.34. The lowest BCUT2D eigenvalue weighted by molar-refractivity contribution is -0.00450. The zero-order valence-corrected chi connectivity index (χ0v) is 12.5. The minimum atomic E-state index is -0.672. The zero-order valence-electron chi connectivity index (χ0n) is 12.5. The van der Waals surface area contributed by atoms with Gasteiger partial charge in [-0.2, -0.15) is 0 Å². The highest BCUT2D eigenvalue weighted by Gasteiger charge is 2.30. The molecular weight excluding hydrogens is 220 g/mol. The van der Waals surface area contributed by atoms with E-state index in [0.717, 1.165) is 24.8 Å². The molecule has 1 N–H and O–H groups in total. The summed E-state index contributed by atoms with van der Waals surface area (Å²) in [4.78, 5) is 0. The molecule has 0 radical (unpaired) electrons. The molecule has 1 aromatic carbocycles. The quantitative estimate of drug-likeness (QED) is 0.784. The van der Waals surface area contributed by atoms with E-state index in [9.17, 15) is 5.11 Å². The maximum atomic E-state index is 11.0. The Morgan fingerprint density at radius 1 is 0.944 bits per heavy atom. The first-order chi connectivity index (χ1) is 8.37. The first-order valence-electron chi connectivity index (χ1n) is 7.19. The third-order valence-corrected chi connectivity index (χ3v) is 3.39. The van der Waals surface area contributed by atoms with Gasteiger partial charge in [-0.1, -0.05) is 58.9 Å². The number of hydrogen-bond acceptors (Lipinski definition) is 1. The molecule has 0 bridgehead atoms. The first kappa shape index (κ1) is 15.2. The lowest BCUT2D eigenvalue weighted by Gasteiger charge is -2.32. The van der Waals surface area contributed by atoms with E-state index in [-0.39, 0.29) is 0 Å². The van der Waals surface area contributed by atoms with Crippen molar-refractivity contribution in [2.45, 2.75) is 59.5 Å². The molecular formula is C17H28O. The summed E-state index contributed by atoms with van der Waals surface area (Å²) in [6.07, 6.45) is 2.71. The van der Waals surface area contributed by atoms with E-state index < -0.39 is 5.60 Å². The van der Waals surface area contributed by atoms with Gasteiger partial charge < -0.3 is 5.11 Å². The SMILES string of the molecule is CCc1ccc(C(O)(CC(C)C)CC(C)C)cc1. The zero-order chi connectivity index (χ0) is 13.8. The second-order valence-corrected chi connectivity index (χ2v) is 6.28. The van der Waals surface area contributed by atoms with Crippen LogP contribution < -0.4 is 0 Å². The van der Waals surface area contributed by atoms with Crippen molar-refractivity contribution in [1.29, 1.82) is 0 Å². The molecule has 18 heavy (non-hydrogen) atoms. The summed E-state index contributed by atoms with van der Waals surface area (Å²) in [5.41, 5.74) is 1.73. The van der Waals surface area contributed by atoms with Crippen molar-refractivity contribution in [3.8, 4) is 0 Å². The fraction of sp³-hybridized carbons (Fsp3) is 0.647. The van der Waals surface area contributed by atoms with Crippen LogP contribution in [0.25, 0.3) is 0 Å². The third-order valence-electron chi connectivity index (χ3n) is 3.39. The summed E-state index contributed by atoms with van der Waals surface area (Å²) in [6.45, 7) is 10.8. The topological polar surface area (TPSA) is 20.2 Å². The van der Waals surface area contributed by atoms with E-state index in [0.29, 0.717) is 11.8 Å². The van der Waals surface area contributed by atoms with Gasteiger partial charge in [0.1, 0.15) is 0 Å². The molecule has 0 aliphatic rings. The highest BCUT2D eigenvalue weighted by atomic mass is 16.3. The molecule has 0 saturated carbocycles. The van der Waals surface area contributed by atoms with Crippen LogP contribution in [0.5, 0.6) is 0 Å². The van der Waals surface area contributed by atoms with Crippen molar-refractivity contribution < 1.29 is 5.11 Å². The standard InChI is InChI=1S/C17H28O/c1-6-15-7-9-16(10-8-15)17(18,11-13(2)3)12-14(4)5/h7-10,13-14,18H,6,11-12H2,1-5H3. The van der Waals surface area contributed by atoms with Crippen LogP contribution in [0.2, 0.25) is 0 Å². The Morgan fingerprint density at radius 2 is 1.39 bits per heavy atom. The maximum Gasteiger partial charge on any atom is 0.0901 e. The molecule has 0 unspecified atom stereocenters. The van der Waals surface area contributed by atoms with E-state index >= 15 is 0 Å². The third kappa shape index (κ3) is 4.13. The van der Waals surface area contributed by atoms with Crippen LogP contribution in [-0.4, -0.2) is 5.11 Å². The van der Waals surface area contributed by atoms with Crippen LogP contribution in [0.3, 0.4) is 0 Å². The van der Waals surface area contributed by atoms with Crippen molar-refractivity contribution in [2.24, 2.45) is 11.8 Å². The van der Waals surface area contributed by atoms with Crippen molar-refractivity contribution >= 4 is 0 Å². The predicted octanol–water partition coefficient (Wildman–Crippen LogP) is 4.53. The highest BCUT2D eigenvalue weighted by molar-refractivity contribution is 5.27. The molecule has 1 aromatic rings. The van der Waals surface area contributed by atoms with E-state index in [1.807, 2.05) is 0 Å². The Hall–Kier alpha value is -0.820. The summed E-state index contributed by atoms with van der Waals surface area (Å²) in [5, 5.41) is 11.0. The minimum absolute atomic E-state index is 0.500. The summed E-state index contributed by atoms with van der Waals surface area (Å²) in [5.74, 6) is 0.999. The van der Waals surface area contributed by atoms with Crippen molar-refractivity contribution in [3.63, 3.8) is 0 Å². The maximum absolute atomic E-state index is 11.0. The number of aliphatic hydroxyl groups is 1. The molecule has 0 heterocycles. The van der Waals surface area contributed by atoms with E-state index in [1.165, 1.54) is 5.56 Å². The minimum Gasteiger partial charge on any atom is -0.385 e. The molecule has 0 aliphatic carbocycles. The average Bonchev–Trinajstić information content (AvgIpc) is 2.27. The van der Waals surface area contributed by atoms with Crippen LogP contribution in [0.1, 0.15) is 58.6 Å². The van der Waals surface area contributed by atoms with Crippen molar-refractivity contribution in [1.82, 2.24) is 0 Å². The van der Waals surface area contributed by atoms with Crippen LogP contribution in [0.15, 0.2) is 24.3 Å². The number of aryl methyl sites for hydroxylation is 1. The molecule has 0 aromatic heterocycles. The largest absolute Gasteiger partial charge is 0.385 e. The fourth-order valence-electron chi connectivity index (χ4n) is 2.72. The summed E-state index contributed by atoms with van der Waals surface area (Å²) < 4.78 is 0. The second-order valence-electron chi connectivity index (χ2n) is 6.28. The molecule has 0 fully saturated rings. The second kappa shape index (κ2) is 6.38. The molecule has 102 valence electrons. The van der Waals surface area contributed by atoms with Crippen molar-refractivity contribution in [3.05, 3.63) is 35.4 Å². The van der Waals surface area contributed by atoms with Gasteiger partial charge in [-0.3, -0.25) is 0 Å². The smallest absolute Gasteiger partial charge is 0.0901 e. The molecule has 1 rings (SSSR count). The van der Waals surface area contributed by atoms with Gasteiger partial charge in [-0.05, 0) is 42.2 Å². The number of rotatable bonds is 6. The molecule has 0 amide bonds. The van der Waals surface area contributed by atoms with Crippen LogP contribution >= 0.6 is 0 Å². The van der Waals surface area contributed by atoms with Gasteiger partial charge in [-0.25, -0.2) is 0 Å². The van der Waals surface area contributed by atoms with E-state index in [4.69, 9.17) is 0 Å². The Kier molecular flexibility index (Phi) is 5.40. The summed E-state index contributed by atoms with van der Waals surface area (Å²) >= 11 is 0. The Labute approximate surface area is 112 Å². The molecule has 0 saturated heterocycles. The molecule has 0 aliphatic heterocycles. The summed E-state index contributed by atoms with van der Waals surface area (Å²) in [7, 11) is 0.